The van der Waals surface area contributed by atoms with Crippen LogP contribution in [0.5, 0.6) is 5.75 Å². The van der Waals surface area contributed by atoms with E-state index >= 15 is 0 Å². The minimum Gasteiger partial charge on any atom is -0.495 e. The lowest BCUT2D eigenvalue weighted by Gasteiger charge is -2.11. The smallest absolute Gasteiger partial charge is 0.160 e. The number of nitrogens with zero attached hydrogens (tertiary/aromatic N) is 2. The molecule has 4 N–H and O–H groups in total. The van der Waals surface area contributed by atoms with E-state index in [0.717, 1.165) is 0 Å². The molecule has 2 aromatic rings. The molecule has 0 bridgehead atoms. The van der Waals surface area contributed by atoms with Gasteiger partial charge in [-0.15, -0.1) is 0 Å². The molecule has 0 spiro atoms. The van der Waals surface area contributed by atoms with Crippen molar-refractivity contribution < 1.29 is 4.74 Å². The molecule has 0 unspecified atom stereocenters. The summed E-state index contributed by atoms with van der Waals surface area (Å²) in [5.74, 6) is 6.92. The number of ether oxygens (including phenoxy) is 1. The summed E-state index contributed by atoms with van der Waals surface area (Å²) in [6, 6.07) is 5.25. The molecule has 1 aromatic heterocycles. The van der Waals surface area contributed by atoms with Crippen molar-refractivity contribution in [3.05, 3.63) is 35.6 Å². The molecule has 0 fully saturated rings. The van der Waals surface area contributed by atoms with Gasteiger partial charge in [0.25, 0.3) is 0 Å². The average molecular weight is 266 g/mol. The molecule has 2 rings (SSSR count). The van der Waals surface area contributed by atoms with Gasteiger partial charge >= 0.3 is 0 Å². The van der Waals surface area contributed by atoms with Gasteiger partial charge in [-0.05, 0) is 18.2 Å². The topological polar surface area (TPSA) is 85.1 Å². The number of halogens is 1. The lowest BCUT2D eigenvalue weighted by molar-refractivity contribution is 0.417. The molecule has 0 saturated carbocycles. The number of hydrogen-bond donors (Lipinski definition) is 3. The Morgan fingerprint density at radius 3 is 2.78 bits per heavy atom. The van der Waals surface area contributed by atoms with E-state index in [1.54, 1.807) is 31.5 Å². The summed E-state index contributed by atoms with van der Waals surface area (Å²) in [6.07, 6.45) is 3.08. The molecule has 0 aliphatic carbocycles. The molecule has 7 heteroatoms. The van der Waals surface area contributed by atoms with E-state index in [0.29, 0.717) is 28.1 Å². The summed E-state index contributed by atoms with van der Waals surface area (Å²) in [7, 11) is 1.58. The van der Waals surface area contributed by atoms with Gasteiger partial charge in [-0.2, -0.15) is 0 Å². The Kier molecular flexibility index (Phi) is 3.81. The minimum absolute atomic E-state index is 0.459. The van der Waals surface area contributed by atoms with Gasteiger partial charge in [0.05, 0.1) is 25.2 Å². The Balaban J connectivity index is 2.29. The minimum atomic E-state index is 0.459. The predicted molar refractivity (Wildman–Crippen MR) is 71.1 cm³/mol. The lowest BCUT2D eigenvalue weighted by atomic mass is 10.3. The van der Waals surface area contributed by atoms with Crippen LogP contribution in [0, 0.1) is 0 Å². The molecule has 0 saturated heterocycles. The second-order valence-corrected chi connectivity index (χ2v) is 3.84. The van der Waals surface area contributed by atoms with Crippen molar-refractivity contribution in [1.82, 2.24) is 9.97 Å². The first kappa shape index (κ1) is 12.4. The van der Waals surface area contributed by atoms with E-state index in [4.69, 9.17) is 22.2 Å². The molecule has 6 nitrogen and oxygen atoms in total. The molecule has 0 atom stereocenters. The zero-order chi connectivity index (χ0) is 13.0. The monoisotopic (exact) mass is 265 g/mol. The third kappa shape index (κ3) is 2.79. The Morgan fingerprint density at radius 1 is 1.28 bits per heavy atom. The largest absolute Gasteiger partial charge is 0.495 e. The quantitative estimate of drug-likeness (QED) is 0.580. The van der Waals surface area contributed by atoms with Gasteiger partial charge in [0.2, 0.25) is 0 Å². The van der Waals surface area contributed by atoms with Gasteiger partial charge < -0.3 is 15.5 Å². The highest BCUT2D eigenvalue weighted by Crippen LogP contribution is 2.29. The van der Waals surface area contributed by atoms with Crippen LogP contribution in [0.3, 0.4) is 0 Å². The third-order valence-corrected chi connectivity index (χ3v) is 2.44. The number of benzene rings is 1. The Bertz CT molecular complexity index is 549. The summed E-state index contributed by atoms with van der Waals surface area (Å²) < 4.78 is 5.22. The van der Waals surface area contributed by atoms with Crippen LogP contribution >= 0.6 is 11.6 Å². The van der Waals surface area contributed by atoms with Gasteiger partial charge in [-0.1, -0.05) is 11.6 Å². The molecule has 0 radical (unpaired) electrons. The number of rotatable bonds is 4. The maximum Gasteiger partial charge on any atom is 0.160 e. The standard InChI is InChI=1S/C11H12ClN5O/c1-18-9-3-2-7(12)4-8(9)15-10-5-14-6-11(16-10)17-13/h2-6H,13H2,1H3,(H2,15,16,17). The lowest BCUT2D eigenvalue weighted by Crippen LogP contribution is -2.09. The Labute approximate surface area is 109 Å². The van der Waals surface area contributed by atoms with Crippen LogP contribution in [-0.4, -0.2) is 17.1 Å². The van der Waals surface area contributed by atoms with Crippen LogP contribution in [0.4, 0.5) is 17.3 Å². The van der Waals surface area contributed by atoms with E-state index in [1.165, 1.54) is 6.20 Å². The van der Waals surface area contributed by atoms with Crippen molar-refractivity contribution in [2.45, 2.75) is 0 Å². The molecule has 1 heterocycles. The number of nitrogens with one attached hydrogen (secondary N) is 2. The Morgan fingerprint density at radius 2 is 2.06 bits per heavy atom. The van der Waals surface area contributed by atoms with Gasteiger partial charge in [-0.3, -0.25) is 4.98 Å². The maximum absolute atomic E-state index is 5.93. The summed E-state index contributed by atoms with van der Waals surface area (Å²) in [6.45, 7) is 0. The number of nitrogens with two attached hydrogens (primary N) is 1. The van der Waals surface area contributed by atoms with Crippen LogP contribution < -0.4 is 21.3 Å². The van der Waals surface area contributed by atoms with E-state index in [1.807, 2.05) is 0 Å². The average Bonchev–Trinajstić information content (AvgIpc) is 2.39. The number of hydrogen-bond acceptors (Lipinski definition) is 6. The molecule has 0 aliphatic rings. The number of anilines is 3. The first-order chi connectivity index (χ1) is 8.72. The van der Waals surface area contributed by atoms with Crippen molar-refractivity contribution in [3.8, 4) is 5.75 Å². The van der Waals surface area contributed by atoms with Gasteiger partial charge in [0, 0.05) is 5.02 Å². The van der Waals surface area contributed by atoms with E-state index < -0.39 is 0 Å². The fourth-order valence-corrected chi connectivity index (χ4v) is 1.58. The van der Waals surface area contributed by atoms with Crippen molar-refractivity contribution in [2.24, 2.45) is 5.84 Å². The summed E-state index contributed by atoms with van der Waals surface area (Å²) >= 11 is 5.93. The second kappa shape index (κ2) is 5.52. The third-order valence-electron chi connectivity index (χ3n) is 2.21. The van der Waals surface area contributed by atoms with Crippen LogP contribution in [0.15, 0.2) is 30.6 Å². The number of nitrogen functional groups attached to an aromatic ring is 1. The summed E-state index contributed by atoms with van der Waals surface area (Å²) in [5, 5.41) is 3.66. The van der Waals surface area contributed by atoms with Gasteiger partial charge in [0.1, 0.15) is 5.75 Å². The van der Waals surface area contributed by atoms with Crippen LogP contribution in [0.2, 0.25) is 5.02 Å². The molecular weight excluding hydrogens is 254 g/mol. The second-order valence-electron chi connectivity index (χ2n) is 3.40. The molecule has 1 aromatic carbocycles. The highest BCUT2D eigenvalue weighted by Gasteiger charge is 2.05. The number of methoxy groups -OCH3 is 1. The molecule has 0 aliphatic heterocycles. The van der Waals surface area contributed by atoms with Crippen molar-refractivity contribution in [3.63, 3.8) is 0 Å². The molecule has 0 amide bonds. The maximum atomic E-state index is 5.93. The molecule has 18 heavy (non-hydrogen) atoms. The molecule has 94 valence electrons. The van der Waals surface area contributed by atoms with Crippen molar-refractivity contribution >= 4 is 28.9 Å². The van der Waals surface area contributed by atoms with Crippen molar-refractivity contribution in [2.75, 3.05) is 17.9 Å². The number of hydrazine groups is 1. The summed E-state index contributed by atoms with van der Waals surface area (Å²) in [4.78, 5) is 8.17. The van der Waals surface area contributed by atoms with Crippen LogP contribution in [-0.2, 0) is 0 Å². The Hall–Kier alpha value is -2.05. The number of aromatic nitrogens is 2. The highest BCUT2D eigenvalue weighted by molar-refractivity contribution is 6.31. The highest BCUT2D eigenvalue weighted by atomic mass is 35.5. The molecular formula is C11H12ClN5O. The predicted octanol–water partition coefficient (Wildman–Crippen LogP) is 2.17. The van der Waals surface area contributed by atoms with E-state index in [9.17, 15) is 0 Å². The SMILES string of the molecule is COc1ccc(Cl)cc1Nc1cncc(NN)n1. The zero-order valence-corrected chi connectivity index (χ0v) is 10.4. The first-order valence-electron chi connectivity index (χ1n) is 5.12. The fourth-order valence-electron chi connectivity index (χ4n) is 1.41. The van der Waals surface area contributed by atoms with Gasteiger partial charge in [0.15, 0.2) is 11.6 Å². The van der Waals surface area contributed by atoms with Gasteiger partial charge in [-0.25, -0.2) is 10.8 Å². The van der Waals surface area contributed by atoms with E-state index in [2.05, 4.69) is 20.7 Å². The fraction of sp³-hybridized carbons (Fsp3) is 0.0909. The van der Waals surface area contributed by atoms with Crippen LogP contribution in [0.25, 0.3) is 0 Å². The van der Waals surface area contributed by atoms with E-state index in [-0.39, 0.29) is 0 Å². The zero-order valence-electron chi connectivity index (χ0n) is 9.64. The van der Waals surface area contributed by atoms with Crippen molar-refractivity contribution in [1.29, 1.82) is 0 Å². The normalized spacial score (nSPS) is 9.94. The van der Waals surface area contributed by atoms with Crippen LogP contribution in [0.1, 0.15) is 0 Å². The summed E-state index contributed by atoms with van der Waals surface area (Å²) in [5.41, 5.74) is 3.12. The first-order valence-corrected chi connectivity index (χ1v) is 5.50.